The van der Waals surface area contributed by atoms with Crippen LogP contribution in [0.25, 0.3) is 17.1 Å². The molecule has 7 heteroatoms. The Balaban J connectivity index is 0.00000449. The van der Waals surface area contributed by atoms with Crippen molar-refractivity contribution in [3.05, 3.63) is 205 Å². The van der Waals surface area contributed by atoms with Crippen LogP contribution < -0.4 is 19.4 Å². The molecule has 7 aromatic carbocycles. The summed E-state index contributed by atoms with van der Waals surface area (Å²) >= 11 is 0. The first-order valence-electron chi connectivity index (χ1n) is 19.7. The van der Waals surface area contributed by atoms with Crippen LogP contribution in [-0.4, -0.2) is 9.55 Å². The molecule has 3 heterocycles. The van der Waals surface area contributed by atoms with Crippen molar-refractivity contribution in [2.45, 2.75) is 40.0 Å². The third-order valence-corrected chi connectivity index (χ3v) is 11.4. The summed E-state index contributed by atoms with van der Waals surface area (Å²) < 4.78 is 8.71. The van der Waals surface area contributed by atoms with E-state index in [1.165, 1.54) is 39.2 Å². The third kappa shape index (κ3) is 6.53. The molecule has 2 aliphatic rings. The SMILES string of the molecule is Cc1cc(C)c(N2[CH-]N(c3[c-]c(Oc4[c-]c(-c5nccn5-c5cccc6c5C(C)(C)c5ccccc5N6c5ccccc5)ccc4)ccc3)c3ccccc32)c(C)c1.[Pt]. The molecule has 0 unspecified atom stereocenters. The van der Waals surface area contributed by atoms with Gasteiger partial charge in [0.1, 0.15) is 0 Å². The van der Waals surface area contributed by atoms with Crippen molar-refractivity contribution in [1.82, 2.24) is 9.55 Å². The smallest absolute Gasteiger partial charge is 0.0604 e. The Morgan fingerprint density at radius 2 is 1.22 bits per heavy atom. The summed E-state index contributed by atoms with van der Waals surface area (Å²) in [6.07, 6.45) is 3.90. The topological polar surface area (TPSA) is 36.8 Å². The van der Waals surface area contributed by atoms with E-state index in [0.29, 0.717) is 11.5 Å². The molecule has 294 valence electrons. The van der Waals surface area contributed by atoms with Crippen LogP contribution in [0, 0.1) is 39.6 Å². The third-order valence-electron chi connectivity index (χ3n) is 11.4. The summed E-state index contributed by atoms with van der Waals surface area (Å²) in [6, 6.07) is 57.9. The van der Waals surface area contributed by atoms with Crippen molar-refractivity contribution >= 4 is 39.8 Å². The maximum atomic E-state index is 6.53. The number of fused-ring (bicyclic) bond motifs is 3. The van der Waals surface area contributed by atoms with Gasteiger partial charge in [0.05, 0.1) is 17.2 Å². The molecule has 10 rings (SSSR count). The normalized spacial score (nSPS) is 13.7. The van der Waals surface area contributed by atoms with Crippen LogP contribution in [0.15, 0.2) is 158 Å². The minimum absolute atomic E-state index is 0. The molecule has 59 heavy (non-hydrogen) atoms. The van der Waals surface area contributed by atoms with E-state index in [1.807, 2.05) is 42.7 Å². The molecule has 0 amide bonds. The van der Waals surface area contributed by atoms with Gasteiger partial charge in [-0.3, -0.25) is 4.98 Å². The van der Waals surface area contributed by atoms with Gasteiger partial charge in [0, 0.05) is 84.4 Å². The molecule has 8 aromatic rings. The number of ether oxygens (including phenoxy) is 1. The zero-order chi connectivity index (χ0) is 39.5. The predicted molar refractivity (Wildman–Crippen MR) is 236 cm³/mol. The molecule has 0 atom stereocenters. The van der Waals surface area contributed by atoms with Crippen LogP contribution in [0.2, 0.25) is 0 Å². The molecule has 0 radical (unpaired) electrons. The molecule has 0 saturated carbocycles. The maximum Gasteiger partial charge on any atom is 0.0604 e. The van der Waals surface area contributed by atoms with E-state index in [-0.39, 0.29) is 26.5 Å². The van der Waals surface area contributed by atoms with E-state index >= 15 is 0 Å². The van der Waals surface area contributed by atoms with Gasteiger partial charge in [0.2, 0.25) is 0 Å². The zero-order valence-corrected chi connectivity index (χ0v) is 35.8. The van der Waals surface area contributed by atoms with Gasteiger partial charge >= 0.3 is 0 Å². The molecule has 1 aromatic heterocycles. The minimum Gasteiger partial charge on any atom is -0.503 e. The molecule has 0 saturated heterocycles. The summed E-state index contributed by atoms with van der Waals surface area (Å²) in [7, 11) is 0. The predicted octanol–water partition coefficient (Wildman–Crippen LogP) is 13.4. The number of nitrogens with zero attached hydrogens (tertiary/aromatic N) is 5. The monoisotopic (exact) mass is 947 g/mol. The van der Waals surface area contributed by atoms with Gasteiger partial charge in [-0.2, -0.15) is 6.07 Å². The van der Waals surface area contributed by atoms with Gasteiger partial charge in [-0.1, -0.05) is 92.2 Å². The Morgan fingerprint density at radius 1 is 0.610 bits per heavy atom. The average molecular weight is 948 g/mol. The van der Waals surface area contributed by atoms with Crippen LogP contribution in [0.1, 0.15) is 41.7 Å². The van der Waals surface area contributed by atoms with Gasteiger partial charge in [-0.05, 0) is 79.9 Å². The number of aryl methyl sites for hydroxylation is 3. The summed E-state index contributed by atoms with van der Waals surface area (Å²) in [4.78, 5) is 11.7. The molecule has 0 spiro atoms. The van der Waals surface area contributed by atoms with Crippen LogP contribution in [0.4, 0.5) is 39.8 Å². The second kappa shape index (κ2) is 15.1. The van der Waals surface area contributed by atoms with E-state index in [0.717, 1.165) is 45.5 Å². The van der Waals surface area contributed by atoms with Crippen molar-refractivity contribution in [2.24, 2.45) is 0 Å². The van der Waals surface area contributed by atoms with Crippen LogP contribution in [-0.2, 0) is 26.5 Å². The van der Waals surface area contributed by atoms with Gasteiger partial charge < -0.3 is 24.0 Å². The van der Waals surface area contributed by atoms with Gasteiger partial charge in [0.15, 0.2) is 0 Å². The Kier molecular flexibility index (Phi) is 9.77. The number of hydrogen-bond donors (Lipinski definition) is 0. The van der Waals surface area contributed by atoms with E-state index in [9.17, 15) is 0 Å². The number of hydrogen-bond acceptors (Lipinski definition) is 5. The first-order valence-corrected chi connectivity index (χ1v) is 19.7. The number of aromatic nitrogens is 2. The summed E-state index contributed by atoms with van der Waals surface area (Å²) in [6.45, 7) is 13.3. The molecule has 0 N–H and O–H groups in total. The molecule has 0 bridgehead atoms. The van der Waals surface area contributed by atoms with Gasteiger partial charge in [0.25, 0.3) is 0 Å². The number of imidazole rings is 1. The fraction of sp³-hybridized carbons (Fsp3) is 0.115. The fourth-order valence-corrected chi connectivity index (χ4v) is 9.00. The maximum absolute atomic E-state index is 6.53. The second-order valence-electron chi connectivity index (χ2n) is 15.6. The molecular formula is C52H42N5OPt-3. The van der Waals surface area contributed by atoms with Crippen LogP contribution in [0.3, 0.4) is 0 Å². The molecule has 6 nitrogen and oxygen atoms in total. The standard InChI is InChI=1S/C52H42N5O.Pt/c1-35-30-36(2)50(37(3)31-35)56-34-55(45-24-11-12-25-46(45)56)40-19-14-21-42(33-40)58-41-20-13-16-38(32-41)51-53-28-29-54(51)47-26-15-27-48-49(47)52(4,5)43-22-9-10-23-44(43)57(48)39-17-7-6-8-18-39;/h6-31,34H,1-5H3;/q-3;. The second-order valence-corrected chi connectivity index (χ2v) is 15.6. The number of rotatable bonds is 7. The molecule has 0 fully saturated rings. The van der Waals surface area contributed by atoms with E-state index < -0.39 is 0 Å². The Hall–Kier alpha value is -6.36. The van der Waals surface area contributed by atoms with Crippen molar-refractivity contribution < 1.29 is 25.8 Å². The summed E-state index contributed by atoms with van der Waals surface area (Å²) in [5.74, 6) is 1.96. The molecular weight excluding hydrogens is 906 g/mol. The van der Waals surface area contributed by atoms with Crippen LogP contribution in [0.5, 0.6) is 11.5 Å². The molecule has 0 aliphatic carbocycles. The van der Waals surface area contributed by atoms with E-state index in [4.69, 9.17) is 9.72 Å². The van der Waals surface area contributed by atoms with E-state index in [2.05, 4.69) is 188 Å². The quantitative estimate of drug-likeness (QED) is 0.149. The van der Waals surface area contributed by atoms with Crippen molar-refractivity contribution in [2.75, 3.05) is 14.7 Å². The Bertz CT molecular complexity index is 2820. The largest absolute Gasteiger partial charge is 0.503 e. The fourth-order valence-electron chi connectivity index (χ4n) is 9.00. The summed E-state index contributed by atoms with van der Waals surface area (Å²) in [5.41, 5.74) is 15.5. The first kappa shape index (κ1) is 38.2. The minimum atomic E-state index is -0.299. The first-order chi connectivity index (χ1) is 28.3. The van der Waals surface area contributed by atoms with Gasteiger partial charge in [-0.15, -0.1) is 54.3 Å². The van der Waals surface area contributed by atoms with Gasteiger partial charge in [-0.25, -0.2) is 0 Å². The average Bonchev–Trinajstić information content (AvgIpc) is 3.87. The number of anilines is 7. The summed E-state index contributed by atoms with van der Waals surface area (Å²) in [5, 5.41) is 0. The van der Waals surface area contributed by atoms with Crippen molar-refractivity contribution in [3.63, 3.8) is 0 Å². The van der Waals surface area contributed by atoms with E-state index in [1.54, 1.807) is 0 Å². The number of benzene rings is 7. The van der Waals surface area contributed by atoms with Crippen LogP contribution >= 0.6 is 0 Å². The number of para-hydroxylation sites is 4. The molecule has 2 aliphatic heterocycles. The zero-order valence-electron chi connectivity index (χ0n) is 33.5. The van der Waals surface area contributed by atoms with Crippen molar-refractivity contribution in [3.8, 4) is 28.6 Å². The van der Waals surface area contributed by atoms with Crippen molar-refractivity contribution in [1.29, 1.82) is 0 Å². The Morgan fingerprint density at radius 3 is 1.98 bits per heavy atom. The Labute approximate surface area is 361 Å².